The fraction of sp³-hybridized carbons (Fsp3) is 0.600. The van der Waals surface area contributed by atoms with Crippen molar-refractivity contribution < 1.29 is 14.3 Å². The van der Waals surface area contributed by atoms with Crippen molar-refractivity contribution in [3.63, 3.8) is 0 Å². The molecule has 1 fully saturated rings. The van der Waals surface area contributed by atoms with E-state index in [1.165, 1.54) is 7.11 Å². The van der Waals surface area contributed by atoms with Crippen LogP contribution in [0.5, 0.6) is 0 Å². The van der Waals surface area contributed by atoms with Crippen LogP contribution in [-0.2, 0) is 28.0 Å². The molecule has 0 radical (unpaired) electrons. The molecule has 1 heterocycles. The minimum atomic E-state index is -1.15. The van der Waals surface area contributed by atoms with E-state index in [1.807, 2.05) is 19.2 Å². The second-order valence-electron chi connectivity index (χ2n) is 8.72. The molecule has 0 bridgehead atoms. The van der Waals surface area contributed by atoms with Gasteiger partial charge >= 0.3 is 11.7 Å². The molecule has 6 nitrogen and oxygen atoms in total. The Morgan fingerprint density at radius 2 is 1.96 bits per heavy atom. The first kappa shape index (κ1) is 19.9. The van der Waals surface area contributed by atoms with E-state index in [0.717, 1.165) is 35.5 Å². The van der Waals surface area contributed by atoms with Gasteiger partial charge in [-0.05, 0) is 36.4 Å². The van der Waals surface area contributed by atoms with Crippen LogP contribution in [0, 0.1) is 5.92 Å². The highest BCUT2D eigenvalue weighted by atomic mass is 28.3. The van der Waals surface area contributed by atoms with Crippen molar-refractivity contribution in [3.05, 3.63) is 34.2 Å². The smallest absolute Gasteiger partial charge is 0.330 e. The lowest BCUT2D eigenvalue weighted by molar-refractivity contribution is -0.148. The Morgan fingerprint density at radius 1 is 1.26 bits per heavy atom. The Kier molecular flexibility index (Phi) is 5.62. The van der Waals surface area contributed by atoms with Gasteiger partial charge in [-0.1, -0.05) is 31.8 Å². The fourth-order valence-corrected chi connectivity index (χ4v) is 4.49. The SMILES string of the molecule is COC(=O)C1CC(c2cccc3c2n(C)c(=O)n3COCC[Si](C)(C)C)C1. The maximum atomic E-state index is 12.8. The Labute approximate surface area is 161 Å². The van der Waals surface area contributed by atoms with Crippen molar-refractivity contribution in [2.24, 2.45) is 13.0 Å². The number of carbonyl (C=O) groups is 1. The van der Waals surface area contributed by atoms with E-state index in [-0.39, 0.29) is 30.2 Å². The third kappa shape index (κ3) is 4.04. The molecule has 7 heteroatoms. The van der Waals surface area contributed by atoms with Crippen LogP contribution in [-0.4, -0.2) is 36.9 Å². The number of benzene rings is 1. The molecular weight excluding hydrogens is 360 g/mol. The summed E-state index contributed by atoms with van der Waals surface area (Å²) in [4.78, 5) is 24.4. The van der Waals surface area contributed by atoms with Gasteiger partial charge in [0.2, 0.25) is 0 Å². The lowest BCUT2D eigenvalue weighted by Gasteiger charge is -2.34. The van der Waals surface area contributed by atoms with Crippen LogP contribution < -0.4 is 5.69 Å². The molecule has 2 aromatic rings. The average Bonchev–Trinajstić information content (AvgIpc) is 2.81. The average molecular weight is 391 g/mol. The molecular formula is C20H30N2O4Si. The molecule has 3 rings (SSSR count). The van der Waals surface area contributed by atoms with Gasteiger partial charge in [-0.15, -0.1) is 0 Å². The molecule has 148 valence electrons. The Bertz CT molecular complexity index is 888. The van der Waals surface area contributed by atoms with E-state index >= 15 is 0 Å². The summed E-state index contributed by atoms with van der Waals surface area (Å²) >= 11 is 0. The number of ether oxygens (including phenoxy) is 2. The number of aryl methyl sites for hydroxylation is 1. The molecule has 0 aliphatic heterocycles. The summed E-state index contributed by atoms with van der Waals surface area (Å²) < 4.78 is 14.1. The first-order valence-electron chi connectivity index (χ1n) is 9.56. The third-order valence-electron chi connectivity index (χ3n) is 5.52. The number of nitrogens with zero attached hydrogens (tertiary/aromatic N) is 2. The minimum absolute atomic E-state index is 0.0285. The van der Waals surface area contributed by atoms with E-state index < -0.39 is 8.07 Å². The predicted octanol–water partition coefficient (Wildman–Crippen LogP) is 3.32. The highest BCUT2D eigenvalue weighted by molar-refractivity contribution is 6.76. The minimum Gasteiger partial charge on any atom is -0.469 e. The van der Waals surface area contributed by atoms with Crippen molar-refractivity contribution >= 4 is 25.1 Å². The van der Waals surface area contributed by atoms with Gasteiger partial charge in [-0.25, -0.2) is 4.79 Å². The zero-order valence-electron chi connectivity index (χ0n) is 16.9. The monoisotopic (exact) mass is 390 g/mol. The van der Waals surface area contributed by atoms with Gasteiger partial charge in [0.1, 0.15) is 6.73 Å². The topological polar surface area (TPSA) is 62.5 Å². The van der Waals surface area contributed by atoms with Gasteiger partial charge in [0.15, 0.2) is 0 Å². The van der Waals surface area contributed by atoms with Gasteiger partial charge < -0.3 is 9.47 Å². The second-order valence-corrected chi connectivity index (χ2v) is 14.3. The summed E-state index contributed by atoms with van der Waals surface area (Å²) in [7, 11) is 2.09. The first-order valence-corrected chi connectivity index (χ1v) is 13.3. The van der Waals surface area contributed by atoms with E-state index in [2.05, 4.69) is 25.7 Å². The zero-order valence-corrected chi connectivity index (χ0v) is 17.9. The lowest BCUT2D eigenvalue weighted by Crippen LogP contribution is -2.30. The number of hydrogen-bond donors (Lipinski definition) is 0. The van der Waals surface area contributed by atoms with Crippen molar-refractivity contribution in [2.45, 2.75) is 51.2 Å². The molecule has 0 unspecified atom stereocenters. The Morgan fingerprint density at radius 3 is 2.59 bits per heavy atom. The number of methoxy groups -OCH3 is 1. The summed E-state index contributed by atoms with van der Waals surface area (Å²) in [6.07, 6.45) is 1.55. The summed E-state index contributed by atoms with van der Waals surface area (Å²) in [5.74, 6) is 0.118. The summed E-state index contributed by atoms with van der Waals surface area (Å²) in [5.41, 5.74) is 2.92. The zero-order chi connectivity index (χ0) is 19.8. The maximum absolute atomic E-state index is 12.8. The molecule has 1 aliphatic carbocycles. The highest BCUT2D eigenvalue weighted by Crippen LogP contribution is 2.44. The van der Waals surface area contributed by atoms with Crippen LogP contribution in [0.15, 0.2) is 23.0 Å². The normalized spacial score (nSPS) is 19.9. The summed E-state index contributed by atoms with van der Waals surface area (Å²) in [6, 6.07) is 7.10. The summed E-state index contributed by atoms with van der Waals surface area (Å²) in [5, 5.41) is 0. The molecule has 0 atom stereocenters. The van der Waals surface area contributed by atoms with Crippen LogP contribution >= 0.6 is 0 Å². The number of aromatic nitrogens is 2. The van der Waals surface area contributed by atoms with Crippen molar-refractivity contribution in [1.29, 1.82) is 0 Å². The van der Waals surface area contributed by atoms with Gasteiger partial charge in [-0.3, -0.25) is 13.9 Å². The highest BCUT2D eigenvalue weighted by Gasteiger charge is 2.37. The van der Waals surface area contributed by atoms with Crippen LogP contribution in [0.1, 0.15) is 24.3 Å². The number of rotatable bonds is 7. The number of carbonyl (C=O) groups excluding carboxylic acids is 1. The molecule has 1 aromatic heterocycles. The second kappa shape index (κ2) is 7.64. The molecule has 0 amide bonds. The standard InChI is InChI=1S/C20H30N2O4Si/c1-21-18-16(14-11-15(12-14)19(23)25-2)7-6-8-17(18)22(20(21)24)13-26-9-10-27(3,4)5/h6-8,14-15H,9-13H2,1-5H3. The molecule has 1 aliphatic rings. The molecule has 0 saturated heterocycles. The molecule has 1 aromatic carbocycles. The Hall–Kier alpha value is -1.86. The fourth-order valence-electron chi connectivity index (χ4n) is 3.73. The van der Waals surface area contributed by atoms with Gasteiger partial charge in [-0.2, -0.15) is 0 Å². The predicted molar refractivity (Wildman–Crippen MR) is 109 cm³/mol. The quantitative estimate of drug-likeness (QED) is 0.413. The number of hydrogen-bond acceptors (Lipinski definition) is 4. The molecule has 0 N–H and O–H groups in total. The van der Waals surface area contributed by atoms with E-state index in [0.29, 0.717) is 6.61 Å². The lowest BCUT2D eigenvalue weighted by atomic mass is 9.71. The van der Waals surface area contributed by atoms with Crippen LogP contribution in [0.4, 0.5) is 0 Å². The van der Waals surface area contributed by atoms with E-state index in [4.69, 9.17) is 9.47 Å². The summed E-state index contributed by atoms with van der Waals surface area (Å²) in [6.45, 7) is 7.90. The number of para-hydroxylation sites is 1. The van der Waals surface area contributed by atoms with Crippen LogP contribution in [0.2, 0.25) is 25.7 Å². The maximum Gasteiger partial charge on any atom is 0.330 e. The number of fused-ring (bicyclic) bond motifs is 1. The third-order valence-corrected chi connectivity index (χ3v) is 7.22. The van der Waals surface area contributed by atoms with Gasteiger partial charge in [0.25, 0.3) is 0 Å². The number of imidazole rings is 1. The van der Waals surface area contributed by atoms with E-state index in [1.54, 1.807) is 9.13 Å². The molecule has 27 heavy (non-hydrogen) atoms. The largest absolute Gasteiger partial charge is 0.469 e. The van der Waals surface area contributed by atoms with Crippen LogP contribution in [0.3, 0.4) is 0 Å². The number of esters is 1. The first-order chi connectivity index (χ1) is 12.7. The molecule has 0 spiro atoms. The molecule has 1 saturated carbocycles. The van der Waals surface area contributed by atoms with Gasteiger partial charge in [0, 0.05) is 21.7 Å². The van der Waals surface area contributed by atoms with E-state index in [9.17, 15) is 9.59 Å². The van der Waals surface area contributed by atoms with Gasteiger partial charge in [0.05, 0.1) is 24.1 Å². The van der Waals surface area contributed by atoms with Crippen molar-refractivity contribution in [1.82, 2.24) is 9.13 Å². The van der Waals surface area contributed by atoms with Crippen molar-refractivity contribution in [2.75, 3.05) is 13.7 Å². The van der Waals surface area contributed by atoms with Crippen LogP contribution in [0.25, 0.3) is 11.0 Å². The van der Waals surface area contributed by atoms with Crippen molar-refractivity contribution in [3.8, 4) is 0 Å². The Balaban J connectivity index is 1.81.